The first kappa shape index (κ1) is 36.3. The minimum Gasteiger partial charge on any atom is -0.463 e. The standard InChI is InChI=1S/C26H37NO17/c1-10(28)27-19-22(39-14(5)32)20(17(42-25(19)35)8-36-11(2)29)44-26-24(41-16(7)34)23(40-15(6)33)21(38-13(4)31)18(43-26)9-37-12(3)30/h17-26,35H,8-9H2,1-7H3,(H,27,28)/t17?,18?,19?,20-,21+,22?,23?,24?,25-,26+/m1/s1. The zero-order valence-corrected chi connectivity index (χ0v) is 25.2. The molecule has 0 radical (unpaired) electrons. The lowest BCUT2D eigenvalue weighted by Gasteiger charge is -2.48. The Balaban J connectivity index is 2.66. The van der Waals surface area contributed by atoms with E-state index in [4.69, 9.17) is 42.6 Å². The average molecular weight is 636 g/mol. The van der Waals surface area contributed by atoms with Crippen LogP contribution < -0.4 is 5.32 Å². The van der Waals surface area contributed by atoms with Crippen LogP contribution in [0, 0.1) is 0 Å². The van der Waals surface area contributed by atoms with Crippen molar-refractivity contribution in [3.05, 3.63) is 0 Å². The number of amides is 1. The molecule has 0 aromatic carbocycles. The van der Waals surface area contributed by atoms with Crippen molar-refractivity contribution in [2.24, 2.45) is 0 Å². The van der Waals surface area contributed by atoms with Gasteiger partial charge in [0.2, 0.25) is 5.91 Å². The van der Waals surface area contributed by atoms with E-state index in [1.54, 1.807) is 0 Å². The van der Waals surface area contributed by atoms with E-state index in [0.29, 0.717) is 0 Å². The number of aliphatic hydroxyl groups is 1. The maximum atomic E-state index is 12.2. The van der Waals surface area contributed by atoms with Crippen molar-refractivity contribution in [2.75, 3.05) is 13.2 Å². The van der Waals surface area contributed by atoms with E-state index < -0.39 is 116 Å². The van der Waals surface area contributed by atoms with Gasteiger partial charge in [-0.05, 0) is 0 Å². The van der Waals surface area contributed by atoms with Crippen molar-refractivity contribution in [1.29, 1.82) is 0 Å². The summed E-state index contributed by atoms with van der Waals surface area (Å²) in [5.74, 6) is -5.68. The number of rotatable bonds is 11. The minimum atomic E-state index is -1.79. The first-order chi connectivity index (χ1) is 20.5. The fraction of sp³-hybridized carbons (Fsp3) is 0.731. The molecule has 0 saturated carbocycles. The summed E-state index contributed by atoms with van der Waals surface area (Å²) in [5.41, 5.74) is 0. The highest BCUT2D eigenvalue weighted by atomic mass is 16.8. The minimum absolute atomic E-state index is 0.559. The van der Waals surface area contributed by atoms with Gasteiger partial charge < -0.3 is 53.1 Å². The number of nitrogens with one attached hydrogen (secondary N) is 1. The number of carbonyl (C=O) groups is 7. The quantitative estimate of drug-likeness (QED) is 0.188. The van der Waals surface area contributed by atoms with E-state index in [1.807, 2.05) is 0 Å². The van der Waals surface area contributed by atoms with Crippen molar-refractivity contribution in [3.63, 3.8) is 0 Å². The highest BCUT2D eigenvalue weighted by Crippen LogP contribution is 2.34. The Morgan fingerprint density at radius 2 is 1.00 bits per heavy atom. The highest BCUT2D eigenvalue weighted by Gasteiger charge is 2.56. The maximum Gasteiger partial charge on any atom is 0.303 e. The van der Waals surface area contributed by atoms with Gasteiger partial charge in [0.1, 0.15) is 37.6 Å². The third-order valence-corrected chi connectivity index (χ3v) is 6.03. The summed E-state index contributed by atoms with van der Waals surface area (Å²) in [6.45, 7) is 6.33. The molecule has 2 rings (SSSR count). The molecule has 18 nitrogen and oxygen atoms in total. The molecule has 10 atom stereocenters. The van der Waals surface area contributed by atoms with Gasteiger partial charge in [-0.25, -0.2) is 0 Å². The van der Waals surface area contributed by atoms with E-state index >= 15 is 0 Å². The number of hydrogen-bond acceptors (Lipinski definition) is 17. The Labute approximate surface area is 251 Å². The van der Waals surface area contributed by atoms with Crippen molar-refractivity contribution in [1.82, 2.24) is 5.32 Å². The molecule has 2 heterocycles. The number of ether oxygens (including phenoxy) is 9. The molecule has 2 aliphatic rings. The van der Waals surface area contributed by atoms with Gasteiger partial charge in [0, 0.05) is 48.5 Å². The van der Waals surface area contributed by atoms with Gasteiger partial charge in [-0.3, -0.25) is 33.6 Å². The smallest absolute Gasteiger partial charge is 0.303 e. The maximum absolute atomic E-state index is 12.2. The predicted molar refractivity (Wildman–Crippen MR) is 138 cm³/mol. The second-order valence-corrected chi connectivity index (χ2v) is 9.84. The molecule has 44 heavy (non-hydrogen) atoms. The molecule has 2 aliphatic heterocycles. The fourth-order valence-electron chi connectivity index (χ4n) is 4.59. The van der Waals surface area contributed by atoms with E-state index in [2.05, 4.69) is 5.32 Å². The second kappa shape index (κ2) is 16.3. The Morgan fingerprint density at radius 3 is 1.45 bits per heavy atom. The molecule has 2 N–H and O–H groups in total. The van der Waals surface area contributed by atoms with Gasteiger partial charge in [-0.1, -0.05) is 0 Å². The topological polar surface area (TPSA) is 235 Å². The normalized spacial score (nSPS) is 31.5. The van der Waals surface area contributed by atoms with E-state index in [1.165, 1.54) is 0 Å². The number of hydrogen-bond donors (Lipinski definition) is 2. The average Bonchev–Trinajstić information content (AvgIpc) is 2.87. The monoisotopic (exact) mass is 635 g/mol. The lowest BCUT2D eigenvalue weighted by molar-refractivity contribution is -0.347. The Morgan fingerprint density at radius 1 is 0.568 bits per heavy atom. The molecule has 0 bridgehead atoms. The van der Waals surface area contributed by atoms with Gasteiger partial charge in [0.05, 0.1) is 0 Å². The van der Waals surface area contributed by atoms with E-state index in [9.17, 15) is 38.7 Å². The molecular weight excluding hydrogens is 598 g/mol. The Bertz CT molecular complexity index is 1090. The Hall–Kier alpha value is -3.87. The molecule has 0 aromatic rings. The van der Waals surface area contributed by atoms with Crippen LogP contribution in [0.1, 0.15) is 48.5 Å². The molecule has 18 heteroatoms. The summed E-state index contributed by atoms with van der Waals surface area (Å²) in [6.07, 6.45) is -14.2. The predicted octanol–water partition coefficient (Wildman–Crippen LogP) is -1.83. The molecule has 0 aromatic heterocycles. The Kier molecular flexibility index (Phi) is 13.4. The number of esters is 6. The van der Waals surface area contributed by atoms with Crippen LogP contribution in [-0.2, 0) is 76.2 Å². The number of carbonyl (C=O) groups excluding carboxylic acids is 7. The molecule has 0 aliphatic carbocycles. The van der Waals surface area contributed by atoms with E-state index in [0.717, 1.165) is 48.5 Å². The summed E-state index contributed by atoms with van der Waals surface area (Å²) >= 11 is 0. The molecule has 248 valence electrons. The van der Waals surface area contributed by atoms with Crippen LogP contribution in [0.15, 0.2) is 0 Å². The highest BCUT2D eigenvalue weighted by molar-refractivity contribution is 5.73. The largest absolute Gasteiger partial charge is 0.463 e. The number of aliphatic hydroxyl groups excluding tert-OH is 1. The first-order valence-electron chi connectivity index (χ1n) is 13.4. The van der Waals surface area contributed by atoms with E-state index in [-0.39, 0.29) is 0 Å². The van der Waals surface area contributed by atoms with Crippen molar-refractivity contribution in [2.45, 2.75) is 110 Å². The van der Waals surface area contributed by atoms with Crippen LogP contribution in [0.25, 0.3) is 0 Å². The molecule has 2 saturated heterocycles. The SMILES string of the molecule is CC(=O)NC1C(OC(C)=O)[C@H](O[C@@H]2OC(COC(C)=O)[C@H](OC(C)=O)C(OC(C)=O)C2OC(C)=O)C(COC(C)=O)O[C@H]1O. The molecule has 1 amide bonds. The van der Waals surface area contributed by atoms with Gasteiger partial charge in [0.15, 0.2) is 37.0 Å². The summed E-state index contributed by atoms with van der Waals surface area (Å²) < 4.78 is 49.2. The lowest BCUT2D eigenvalue weighted by Crippen LogP contribution is -2.68. The fourth-order valence-corrected chi connectivity index (χ4v) is 4.59. The van der Waals surface area contributed by atoms with Gasteiger partial charge >= 0.3 is 35.8 Å². The van der Waals surface area contributed by atoms with Crippen LogP contribution in [-0.4, -0.2) is 121 Å². The molecule has 2 fully saturated rings. The van der Waals surface area contributed by atoms with Crippen molar-refractivity contribution < 1.29 is 81.3 Å². The third kappa shape index (κ3) is 10.7. The van der Waals surface area contributed by atoms with Crippen LogP contribution in [0.3, 0.4) is 0 Å². The summed E-state index contributed by atoms with van der Waals surface area (Å²) in [7, 11) is 0. The first-order valence-corrected chi connectivity index (χ1v) is 13.4. The van der Waals surface area contributed by atoms with Crippen molar-refractivity contribution in [3.8, 4) is 0 Å². The van der Waals surface area contributed by atoms with Gasteiger partial charge in [-0.15, -0.1) is 0 Å². The van der Waals surface area contributed by atoms with Crippen LogP contribution in [0.2, 0.25) is 0 Å². The van der Waals surface area contributed by atoms with Gasteiger partial charge in [0.25, 0.3) is 0 Å². The van der Waals surface area contributed by atoms with Gasteiger partial charge in [-0.2, -0.15) is 0 Å². The van der Waals surface area contributed by atoms with Crippen molar-refractivity contribution >= 4 is 41.7 Å². The van der Waals surface area contributed by atoms with Crippen LogP contribution >= 0.6 is 0 Å². The summed E-state index contributed by atoms with van der Waals surface area (Å²) in [6, 6.07) is -1.43. The summed E-state index contributed by atoms with van der Waals surface area (Å²) in [4.78, 5) is 83.6. The second-order valence-electron chi connectivity index (χ2n) is 9.84. The molecular formula is C26H37NO17. The summed E-state index contributed by atoms with van der Waals surface area (Å²) in [5, 5.41) is 13.1. The molecule has 0 spiro atoms. The third-order valence-electron chi connectivity index (χ3n) is 6.03. The zero-order valence-electron chi connectivity index (χ0n) is 25.2. The molecule has 6 unspecified atom stereocenters. The van der Waals surface area contributed by atoms with Crippen LogP contribution in [0.5, 0.6) is 0 Å². The van der Waals surface area contributed by atoms with Crippen LogP contribution in [0.4, 0.5) is 0 Å². The lowest BCUT2D eigenvalue weighted by atomic mass is 9.95. The zero-order chi connectivity index (χ0) is 33.3.